The third kappa shape index (κ3) is 3.60. The van der Waals surface area contributed by atoms with E-state index >= 15 is 0 Å². The third-order valence-electron chi connectivity index (χ3n) is 5.25. The zero-order chi connectivity index (χ0) is 14.7. The van der Waals surface area contributed by atoms with E-state index in [0.717, 1.165) is 37.1 Å². The second-order valence-corrected chi connectivity index (χ2v) is 6.90. The minimum Gasteiger partial charge on any atom is -0.490 e. The molecule has 0 aromatic heterocycles. The highest BCUT2D eigenvalue weighted by atomic mass is 16.5. The van der Waals surface area contributed by atoms with Crippen molar-refractivity contribution in [2.75, 3.05) is 13.1 Å². The van der Waals surface area contributed by atoms with Gasteiger partial charge in [-0.3, -0.25) is 0 Å². The molecule has 0 spiro atoms. The molecule has 1 aromatic rings. The van der Waals surface area contributed by atoms with Crippen LogP contribution in [-0.2, 0) is 6.42 Å². The Morgan fingerprint density at radius 2 is 2.10 bits per heavy atom. The zero-order valence-electron chi connectivity index (χ0n) is 13.5. The lowest BCUT2D eigenvalue weighted by Crippen LogP contribution is -2.31. The van der Waals surface area contributed by atoms with E-state index in [1.54, 1.807) is 0 Å². The quantitative estimate of drug-likeness (QED) is 0.850. The molecule has 1 N–H and O–H groups in total. The van der Waals surface area contributed by atoms with Crippen LogP contribution in [0.15, 0.2) is 18.2 Å². The van der Waals surface area contributed by atoms with E-state index in [1.165, 1.54) is 43.2 Å². The number of fused-ring (bicyclic) bond motifs is 1. The van der Waals surface area contributed by atoms with Gasteiger partial charge in [0.25, 0.3) is 0 Å². The lowest BCUT2D eigenvalue weighted by atomic mass is 9.85. The number of nitrogens with one attached hydrogen (secondary N) is 1. The molecule has 1 aliphatic heterocycles. The average Bonchev–Trinajstić information content (AvgIpc) is 3.11. The van der Waals surface area contributed by atoms with Gasteiger partial charge in [-0.15, -0.1) is 0 Å². The monoisotopic (exact) mass is 287 g/mol. The molecule has 0 bridgehead atoms. The van der Waals surface area contributed by atoms with E-state index in [9.17, 15) is 0 Å². The van der Waals surface area contributed by atoms with Crippen LogP contribution in [0.5, 0.6) is 5.75 Å². The van der Waals surface area contributed by atoms with Gasteiger partial charge in [0, 0.05) is 6.42 Å². The zero-order valence-corrected chi connectivity index (χ0v) is 13.5. The summed E-state index contributed by atoms with van der Waals surface area (Å²) >= 11 is 0. The SMILES string of the molecule is CCNCC(CC1Cc2cc(C)ccc2O1)C1CCCC1. The molecule has 1 aliphatic carbocycles. The van der Waals surface area contributed by atoms with Crippen LogP contribution in [0.4, 0.5) is 0 Å². The molecule has 2 atom stereocenters. The minimum atomic E-state index is 0.394. The number of hydrogen-bond donors (Lipinski definition) is 1. The summed E-state index contributed by atoms with van der Waals surface area (Å²) in [5.74, 6) is 2.82. The smallest absolute Gasteiger partial charge is 0.123 e. The van der Waals surface area contributed by atoms with Crippen LogP contribution in [0.3, 0.4) is 0 Å². The van der Waals surface area contributed by atoms with Gasteiger partial charge >= 0.3 is 0 Å². The van der Waals surface area contributed by atoms with Gasteiger partial charge < -0.3 is 10.1 Å². The first kappa shape index (κ1) is 14.9. The molecular formula is C19H29NO. The number of hydrogen-bond acceptors (Lipinski definition) is 2. The fraction of sp³-hybridized carbons (Fsp3) is 0.684. The van der Waals surface area contributed by atoms with Crippen molar-refractivity contribution < 1.29 is 4.74 Å². The van der Waals surface area contributed by atoms with Crippen LogP contribution in [0.1, 0.15) is 50.2 Å². The van der Waals surface area contributed by atoms with Gasteiger partial charge in [0.05, 0.1) is 0 Å². The first-order chi connectivity index (χ1) is 10.3. The summed E-state index contributed by atoms with van der Waals surface area (Å²) in [6, 6.07) is 6.61. The van der Waals surface area contributed by atoms with E-state index in [0.29, 0.717) is 6.10 Å². The van der Waals surface area contributed by atoms with Crippen LogP contribution in [0.25, 0.3) is 0 Å². The number of rotatable bonds is 6. The van der Waals surface area contributed by atoms with E-state index in [2.05, 4.69) is 37.4 Å². The van der Waals surface area contributed by atoms with Crippen molar-refractivity contribution in [3.63, 3.8) is 0 Å². The van der Waals surface area contributed by atoms with Gasteiger partial charge in [-0.2, -0.15) is 0 Å². The molecule has 1 heterocycles. The van der Waals surface area contributed by atoms with E-state index in [1.807, 2.05) is 0 Å². The maximum absolute atomic E-state index is 6.20. The normalized spacial score (nSPS) is 23.0. The summed E-state index contributed by atoms with van der Waals surface area (Å²) in [5, 5.41) is 3.57. The highest BCUT2D eigenvalue weighted by Crippen LogP contribution is 2.37. The van der Waals surface area contributed by atoms with Crippen molar-refractivity contribution in [2.24, 2.45) is 11.8 Å². The fourth-order valence-electron chi connectivity index (χ4n) is 4.12. The van der Waals surface area contributed by atoms with Crippen LogP contribution in [0.2, 0.25) is 0 Å². The molecule has 1 fully saturated rings. The Morgan fingerprint density at radius 1 is 1.29 bits per heavy atom. The standard InChI is InChI=1S/C19H29NO/c1-3-20-13-17(15-6-4-5-7-15)12-18-11-16-10-14(2)8-9-19(16)21-18/h8-10,15,17-18,20H,3-7,11-13H2,1-2H3. The maximum Gasteiger partial charge on any atom is 0.123 e. The molecule has 2 aliphatic rings. The number of aryl methyl sites for hydroxylation is 1. The summed E-state index contributed by atoms with van der Waals surface area (Å²) in [7, 11) is 0. The lowest BCUT2D eigenvalue weighted by molar-refractivity contribution is 0.165. The van der Waals surface area contributed by atoms with Crippen LogP contribution >= 0.6 is 0 Å². The Labute approximate surface area is 129 Å². The fourth-order valence-corrected chi connectivity index (χ4v) is 4.12. The second kappa shape index (κ2) is 6.83. The predicted octanol–water partition coefficient (Wildman–Crippen LogP) is 4.10. The summed E-state index contributed by atoms with van der Waals surface area (Å²) in [5.41, 5.74) is 2.76. The Kier molecular flexibility index (Phi) is 4.84. The van der Waals surface area contributed by atoms with Crippen molar-refractivity contribution in [3.8, 4) is 5.75 Å². The molecule has 116 valence electrons. The molecule has 21 heavy (non-hydrogen) atoms. The van der Waals surface area contributed by atoms with Gasteiger partial charge in [-0.05, 0) is 49.9 Å². The van der Waals surface area contributed by atoms with Crippen molar-refractivity contribution in [1.82, 2.24) is 5.32 Å². The number of benzene rings is 1. The first-order valence-corrected chi connectivity index (χ1v) is 8.73. The molecule has 0 amide bonds. The molecule has 2 unspecified atom stereocenters. The minimum absolute atomic E-state index is 0.394. The second-order valence-electron chi connectivity index (χ2n) is 6.90. The van der Waals surface area contributed by atoms with Crippen molar-refractivity contribution in [1.29, 1.82) is 0 Å². The molecule has 3 rings (SSSR count). The van der Waals surface area contributed by atoms with Gasteiger partial charge in [-0.1, -0.05) is 50.3 Å². The average molecular weight is 287 g/mol. The van der Waals surface area contributed by atoms with Crippen molar-refractivity contribution in [2.45, 2.75) is 58.5 Å². The summed E-state index contributed by atoms with van der Waals surface area (Å²) in [6.45, 7) is 6.61. The van der Waals surface area contributed by atoms with Crippen molar-refractivity contribution >= 4 is 0 Å². The van der Waals surface area contributed by atoms with Gasteiger partial charge in [-0.25, -0.2) is 0 Å². The Bertz CT molecular complexity index is 465. The Balaban J connectivity index is 1.61. The number of ether oxygens (including phenoxy) is 1. The third-order valence-corrected chi connectivity index (χ3v) is 5.25. The molecule has 0 saturated heterocycles. The van der Waals surface area contributed by atoms with Crippen LogP contribution < -0.4 is 10.1 Å². The van der Waals surface area contributed by atoms with Gasteiger partial charge in [0.1, 0.15) is 11.9 Å². The molecule has 2 nitrogen and oxygen atoms in total. The van der Waals surface area contributed by atoms with E-state index in [-0.39, 0.29) is 0 Å². The highest BCUT2D eigenvalue weighted by Gasteiger charge is 2.31. The Morgan fingerprint density at radius 3 is 2.86 bits per heavy atom. The molecule has 1 aromatic carbocycles. The summed E-state index contributed by atoms with van der Waals surface area (Å²) < 4.78 is 6.20. The summed E-state index contributed by atoms with van der Waals surface area (Å²) in [4.78, 5) is 0. The Hall–Kier alpha value is -1.02. The van der Waals surface area contributed by atoms with Crippen LogP contribution in [0, 0.1) is 18.8 Å². The van der Waals surface area contributed by atoms with Gasteiger partial charge in [0.15, 0.2) is 0 Å². The lowest BCUT2D eigenvalue weighted by Gasteiger charge is -2.26. The van der Waals surface area contributed by atoms with Gasteiger partial charge in [0.2, 0.25) is 0 Å². The first-order valence-electron chi connectivity index (χ1n) is 8.73. The highest BCUT2D eigenvalue weighted by molar-refractivity contribution is 5.40. The summed E-state index contributed by atoms with van der Waals surface area (Å²) in [6.07, 6.45) is 8.42. The largest absolute Gasteiger partial charge is 0.490 e. The van der Waals surface area contributed by atoms with Crippen LogP contribution in [-0.4, -0.2) is 19.2 Å². The maximum atomic E-state index is 6.20. The topological polar surface area (TPSA) is 21.3 Å². The predicted molar refractivity (Wildman–Crippen MR) is 87.9 cm³/mol. The van der Waals surface area contributed by atoms with Crippen molar-refractivity contribution in [3.05, 3.63) is 29.3 Å². The molecular weight excluding hydrogens is 258 g/mol. The molecule has 2 heteroatoms. The molecule has 1 saturated carbocycles. The molecule has 0 radical (unpaired) electrons. The van der Waals surface area contributed by atoms with E-state index in [4.69, 9.17) is 4.74 Å². The van der Waals surface area contributed by atoms with E-state index < -0.39 is 0 Å².